The van der Waals surface area contributed by atoms with Crippen molar-refractivity contribution in [3.05, 3.63) is 53.7 Å². The topological polar surface area (TPSA) is 96.4 Å². The molecule has 0 aliphatic carbocycles. The molecule has 0 amide bonds. The predicted octanol–water partition coefficient (Wildman–Crippen LogP) is 1.95. The van der Waals surface area contributed by atoms with Crippen LogP contribution in [-0.2, 0) is 10.0 Å². The molecule has 0 fully saturated rings. The molecule has 0 saturated heterocycles. The van der Waals surface area contributed by atoms with Crippen LogP contribution in [0.4, 0.5) is 5.69 Å². The molecule has 0 spiro atoms. The zero-order valence-corrected chi connectivity index (χ0v) is 12.4. The smallest absolute Gasteiger partial charge is 0.335 e. The Morgan fingerprint density at radius 1 is 1.18 bits per heavy atom. The fourth-order valence-corrected chi connectivity index (χ4v) is 2.64. The van der Waals surface area contributed by atoms with Crippen molar-refractivity contribution in [1.82, 2.24) is 4.98 Å². The molecule has 6 nitrogen and oxygen atoms in total. The molecule has 0 saturated carbocycles. The van der Waals surface area contributed by atoms with Gasteiger partial charge in [-0.2, -0.15) is 8.42 Å². The Hall–Kier alpha value is -2.85. The molecular weight excluding hydrogens is 304 g/mol. The number of aromatic carboxylic acids is 1. The first-order chi connectivity index (χ1) is 10.4. The zero-order chi connectivity index (χ0) is 16.2. The number of anilines is 1. The molecule has 1 aromatic carbocycles. The van der Waals surface area contributed by atoms with Gasteiger partial charge in [0, 0.05) is 17.4 Å². The Labute approximate surface area is 127 Å². The number of nitrogens with zero attached hydrogens (tertiary/aromatic N) is 1. The fourth-order valence-electron chi connectivity index (χ4n) is 1.65. The van der Waals surface area contributed by atoms with E-state index in [-0.39, 0.29) is 16.3 Å². The van der Waals surface area contributed by atoms with Crippen LogP contribution in [0.2, 0.25) is 0 Å². The fraction of sp³-hybridized carbons (Fsp3) is 0.0667. The molecule has 22 heavy (non-hydrogen) atoms. The summed E-state index contributed by atoms with van der Waals surface area (Å²) < 4.78 is 26.7. The van der Waals surface area contributed by atoms with Crippen LogP contribution in [0.3, 0.4) is 0 Å². The third-order valence-electron chi connectivity index (χ3n) is 2.67. The van der Waals surface area contributed by atoms with Crippen LogP contribution in [-0.4, -0.2) is 24.5 Å². The molecule has 0 aliphatic heterocycles. The van der Waals surface area contributed by atoms with Crippen LogP contribution in [0.5, 0.6) is 0 Å². The number of benzene rings is 1. The average Bonchev–Trinajstić information content (AvgIpc) is 2.48. The summed E-state index contributed by atoms with van der Waals surface area (Å²) in [5, 5.41) is 8.65. The van der Waals surface area contributed by atoms with Crippen molar-refractivity contribution in [2.75, 3.05) is 4.72 Å². The van der Waals surface area contributed by atoms with Crippen molar-refractivity contribution in [3.63, 3.8) is 0 Å². The van der Waals surface area contributed by atoms with E-state index in [1.165, 1.54) is 36.5 Å². The van der Waals surface area contributed by atoms with Gasteiger partial charge >= 0.3 is 5.97 Å². The molecule has 0 radical (unpaired) electrons. The van der Waals surface area contributed by atoms with Gasteiger partial charge < -0.3 is 5.11 Å². The lowest BCUT2D eigenvalue weighted by atomic mass is 10.2. The monoisotopic (exact) mass is 316 g/mol. The number of hydrogen-bond acceptors (Lipinski definition) is 4. The minimum absolute atomic E-state index is 0.0727. The molecule has 2 rings (SSSR count). The molecule has 0 aliphatic rings. The summed E-state index contributed by atoms with van der Waals surface area (Å²) in [5.74, 6) is 4.38. The number of sulfonamides is 1. The first-order valence-electron chi connectivity index (χ1n) is 6.17. The van der Waals surface area contributed by atoms with Crippen LogP contribution in [0.15, 0.2) is 47.6 Å². The van der Waals surface area contributed by atoms with E-state index in [2.05, 4.69) is 21.5 Å². The summed E-state index contributed by atoms with van der Waals surface area (Å²) >= 11 is 0. The number of pyridine rings is 1. The van der Waals surface area contributed by atoms with Gasteiger partial charge in [0.1, 0.15) is 0 Å². The third-order valence-corrected chi connectivity index (χ3v) is 3.96. The van der Waals surface area contributed by atoms with Gasteiger partial charge in [-0.3, -0.25) is 4.72 Å². The van der Waals surface area contributed by atoms with E-state index in [0.29, 0.717) is 5.56 Å². The van der Waals surface area contributed by atoms with Crippen molar-refractivity contribution in [2.45, 2.75) is 11.9 Å². The Morgan fingerprint density at radius 2 is 1.86 bits per heavy atom. The number of carboxylic acids is 1. The van der Waals surface area contributed by atoms with Crippen molar-refractivity contribution in [3.8, 4) is 11.8 Å². The van der Waals surface area contributed by atoms with E-state index >= 15 is 0 Å². The van der Waals surface area contributed by atoms with Crippen LogP contribution >= 0.6 is 0 Å². The standard InChI is InChI=1S/C15H12N2O4S/c1-2-3-11-4-9-14(16-10-11)22(20,21)17-13-7-5-12(6-8-13)15(18)19/h4-10,17H,1H3,(H,18,19). The first kappa shape index (κ1) is 15.5. The molecule has 112 valence electrons. The van der Waals surface area contributed by atoms with Gasteiger partial charge in [-0.25, -0.2) is 9.78 Å². The normalized spacial score (nSPS) is 10.4. The second-order valence-electron chi connectivity index (χ2n) is 4.25. The Balaban J connectivity index is 2.22. The number of carbonyl (C=O) groups is 1. The van der Waals surface area contributed by atoms with Crippen LogP contribution in [0, 0.1) is 11.8 Å². The predicted molar refractivity (Wildman–Crippen MR) is 81.0 cm³/mol. The number of hydrogen-bond donors (Lipinski definition) is 2. The van der Waals surface area contributed by atoms with Crippen molar-refractivity contribution in [1.29, 1.82) is 0 Å². The number of rotatable bonds is 4. The van der Waals surface area contributed by atoms with E-state index in [1.807, 2.05) is 0 Å². The zero-order valence-electron chi connectivity index (χ0n) is 11.6. The highest BCUT2D eigenvalue weighted by atomic mass is 32.2. The lowest BCUT2D eigenvalue weighted by Crippen LogP contribution is -2.14. The minimum Gasteiger partial charge on any atom is -0.478 e. The van der Waals surface area contributed by atoms with Gasteiger partial charge in [0.2, 0.25) is 0 Å². The molecular formula is C15H12N2O4S. The second kappa shape index (κ2) is 6.28. The van der Waals surface area contributed by atoms with Crippen molar-refractivity contribution >= 4 is 21.7 Å². The van der Waals surface area contributed by atoms with Gasteiger partial charge in [-0.05, 0) is 43.3 Å². The average molecular weight is 316 g/mol. The molecule has 2 N–H and O–H groups in total. The van der Waals surface area contributed by atoms with Gasteiger partial charge in [-0.1, -0.05) is 5.92 Å². The maximum atomic E-state index is 12.2. The highest BCUT2D eigenvalue weighted by Crippen LogP contribution is 2.15. The minimum atomic E-state index is -3.83. The molecule has 1 aromatic heterocycles. The SMILES string of the molecule is CC#Cc1ccc(S(=O)(=O)Nc2ccc(C(=O)O)cc2)nc1. The van der Waals surface area contributed by atoms with Gasteiger partial charge in [0.05, 0.1) is 5.56 Å². The van der Waals surface area contributed by atoms with E-state index in [1.54, 1.807) is 13.0 Å². The first-order valence-corrected chi connectivity index (χ1v) is 7.66. The summed E-state index contributed by atoms with van der Waals surface area (Å²) in [4.78, 5) is 14.6. The molecule has 1 heterocycles. The summed E-state index contributed by atoms with van der Waals surface area (Å²) in [5.41, 5.74) is 0.944. The van der Waals surface area contributed by atoms with E-state index in [0.717, 1.165) is 0 Å². The van der Waals surface area contributed by atoms with Crippen LogP contribution < -0.4 is 4.72 Å². The quantitative estimate of drug-likeness (QED) is 0.840. The van der Waals surface area contributed by atoms with Crippen LogP contribution in [0.25, 0.3) is 0 Å². The van der Waals surface area contributed by atoms with Gasteiger partial charge in [-0.15, -0.1) is 5.92 Å². The number of nitrogens with one attached hydrogen (secondary N) is 1. The van der Waals surface area contributed by atoms with E-state index < -0.39 is 16.0 Å². The third kappa shape index (κ3) is 3.62. The van der Waals surface area contributed by atoms with E-state index in [4.69, 9.17) is 5.11 Å². The summed E-state index contributed by atoms with van der Waals surface area (Å²) in [6.07, 6.45) is 1.37. The molecule has 0 bridgehead atoms. The van der Waals surface area contributed by atoms with Crippen LogP contribution in [0.1, 0.15) is 22.8 Å². The summed E-state index contributed by atoms with van der Waals surface area (Å²) in [7, 11) is -3.83. The number of carboxylic acid groups (broad SMARTS) is 1. The highest BCUT2D eigenvalue weighted by Gasteiger charge is 2.15. The largest absolute Gasteiger partial charge is 0.478 e. The maximum absolute atomic E-state index is 12.2. The lowest BCUT2D eigenvalue weighted by Gasteiger charge is -2.07. The highest BCUT2D eigenvalue weighted by molar-refractivity contribution is 7.92. The molecule has 0 unspecified atom stereocenters. The molecule has 7 heteroatoms. The molecule has 0 atom stereocenters. The van der Waals surface area contributed by atoms with Gasteiger partial charge in [0.25, 0.3) is 10.0 Å². The Kier molecular flexibility index (Phi) is 4.44. The second-order valence-corrected chi connectivity index (χ2v) is 5.88. The van der Waals surface area contributed by atoms with Crippen molar-refractivity contribution in [2.24, 2.45) is 0 Å². The Morgan fingerprint density at radius 3 is 2.36 bits per heavy atom. The summed E-state index contributed by atoms with van der Waals surface area (Å²) in [6, 6.07) is 8.29. The summed E-state index contributed by atoms with van der Waals surface area (Å²) in [6.45, 7) is 1.67. The Bertz CT molecular complexity index is 845. The van der Waals surface area contributed by atoms with Gasteiger partial charge in [0.15, 0.2) is 5.03 Å². The van der Waals surface area contributed by atoms with E-state index in [9.17, 15) is 13.2 Å². The number of aromatic nitrogens is 1. The lowest BCUT2D eigenvalue weighted by molar-refractivity contribution is 0.0697. The molecule has 2 aromatic rings. The maximum Gasteiger partial charge on any atom is 0.335 e. The van der Waals surface area contributed by atoms with Crippen molar-refractivity contribution < 1.29 is 18.3 Å².